The highest BCUT2D eigenvalue weighted by molar-refractivity contribution is 7.76. The van der Waals surface area contributed by atoms with Gasteiger partial charge in [0.25, 0.3) is 5.56 Å². The maximum Gasteiger partial charge on any atom is 0.444 e. The van der Waals surface area contributed by atoms with Crippen LogP contribution in [-0.2, 0) is 27.3 Å². The molecule has 2 unspecified atom stereocenters. The molecule has 1 saturated heterocycles. The van der Waals surface area contributed by atoms with E-state index in [9.17, 15) is 37.0 Å². The first-order valence-electron chi connectivity index (χ1n) is 8.78. The molecule has 5 atom stereocenters. The number of alkyl halides is 2. The summed E-state index contributed by atoms with van der Waals surface area (Å²) in [5, 5.41) is -2.38. The third-order valence-electron chi connectivity index (χ3n) is 4.32. The van der Waals surface area contributed by atoms with Gasteiger partial charge in [0.05, 0.1) is 18.8 Å². The highest BCUT2D eigenvalue weighted by Gasteiger charge is 2.67. The van der Waals surface area contributed by atoms with Crippen molar-refractivity contribution in [3.05, 3.63) is 53.5 Å². The molecular formula is C11H15F2N8O11P3. The van der Waals surface area contributed by atoms with Crippen LogP contribution in [0.25, 0.3) is 20.9 Å². The van der Waals surface area contributed by atoms with E-state index in [0.717, 1.165) is 10.8 Å². The van der Waals surface area contributed by atoms with E-state index in [2.05, 4.69) is 23.7 Å². The minimum atomic E-state index is -6.79. The molecule has 35 heavy (non-hydrogen) atoms. The number of hydrogen-bond donors (Lipinski definition) is 4. The molecule has 194 valence electrons. The number of rotatable bonds is 10. The monoisotopic (exact) mass is 566 g/mol. The highest BCUT2D eigenvalue weighted by Crippen LogP contribution is 2.78. The Morgan fingerprint density at radius 2 is 1.91 bits per heavy atom. The second kappa shape index (κ2) is 10.3. The summed E-state index contributed by atoms with van der Waals surface area (Å²) in [7, 11) is -19.1. The van der Waals surface area contributed by atoms with E-state index in [0.29, 0.717) is 0 Å². The molecule has 0 radical (unpaired) electrons. The molecule has 1 aliphatic rings. The zero-order chi connectivity index (χ0) is 26.8. The lowest BCUT2D eigenvalue weighted by atomic mass is 10.1. The van der Waals surface area contributed by atoms with Crippen molar-refractivity contribution in [1.82, 2.24) is 9.55 Å². The number of H-pyrrole nitrogens is 1. The first-order valence-corrected chi connectivity index (χ1v) is 13.5. The molecule has 1 aromatic heterocycles. The second-order valence-electron chi connectivity index (χ2n) is 6.71. The molecule has 1 aliphatic heterocycles. The van der Waals surface area contributed by atoms with Crippen LogP contribution in [0.2, 0.25) is 0 Å². The van der Waals surface area contributed by atoms with Gasteiger partial charge in [-0.3, -0.25) is 28.0 Å². The van der Waals surface area contributed by atoms with Gasteiger partial charge in [0, 0.05) is 32.9 Å². The number of nitrogens with zero attached hydrogens (tertiary/aromatic N) is 7. The smallest absolute Gasteiger partial charge is 0.352 e. The quantitative estimate of drug-likeness (QED) is 0.138. The number of azide groups is 2. The van der Waals surface area contributed by atoms with Crippen molar-refractivity contribution in [2.75, 3.05) is 6.61 Å². The minimum absolute atomic E-state index is 0.0965. The summed E-state index contributed by atoms with van der Waals surface area (Å²) in [6, 6.07) is -1.19. The average molecular weight is 566 g/mol. The molecule has 1 aromatic rings. The number of ether oxygens (including phenoxy) is 1. The molecule has 1 fully saturated rings. The van der Waals surface area contributed by atoms with E-state index in [4.69, 9.17) is 25.6 Å². The standard InChI is InChI=1S/C11H15F2N8O11P3/c1-5-3-21(10(23)16-9(5)22)8-2-6(17-18-14)7(31-8)4-30-35(29,20-19-15)32-34(27,28)11(12,13)33(24,25)26/h3,6-8H,2,4H2,1H3,(H,27,28)(H,16,22,23)(H2,24,25,26)/t6-,7-,8-,35?/m1/s1. The third kappa shape index (κ3) is 6.25. The molecule has 2 rings (SSSR count). The van der Waals surface area contributed by atoms with Gasteiger partial charge >= 0.3 is 34.0 Å². The number of nitrogens with one attached hydrogen (secondary N) is 1. The van der Waals surface area contributed by atoms with Crippen LogP contribution in [0.3, 0.4) is 0 Å². The maximum absolute atomic E-state index is 13.7. The summed E-state index contributed by atoms with van der Waals surface area (Å²) >= 11 is 0. The number of halogens is 2. The van der Waals surface area contributed by atoms with Crippen molar-refractivity contribution in [3.63, 3.8) is 0 Å². The number of aromatic nitrogens is 2. The molecule has 2 heterocycles. The number of hydrogen-bond acceptors (Lipinski definition) is 9. The Balaban J connectivity index is 2.31. The van der Waals surface area contributed by atoms with Crippen LogP contribution < -0.4 is 11.2 Å². The molecule has 0 aliphatic carbocycles. The fourth-order valence-corrected chi connectivity index (χ4v) is 6.62. The van der Waals surface area contributed by atoms with E-state index in [1.54, 1.807) is 0 Å². The average Bonchev–Trinajstić information content (AvgIpc) is 3.11. The first kappa shape index (κ1) is 28.8. The molecule has 0 saturated carbocycles. The van der Waals surface area contributed by atoms with E-state index in [1.165, 1.54) is 6.92 Å². The molecule has 24 heteroatoms. The predicted octanol–water partition coefficient (Wildman–Crippen LogP) is 2.18. The lowest BCUT2D eigenvalue weighted by Gasteiger charge is -2.25. The molecule has 0 aromatic carbocycles. The van der Waals surface area contributed by atoms with Gasteiger partial charge in [0.1, 0.15) is 6.23 Å². The van der Waals surface area contributed by atoms with E-state index in [-0.39, 0.29) is 12.0 Å². The lowest BCUT2D eigenvalue weighted by molar-refractivity contribution is -0.0240. The van der Waals surface area contributed by atoms with E-state index >= 15 is 0 Å². The minimum Gasteiger partial charge on any atom is -0.352 e. The molecule has 4 N–H and O–H groups in total. The Morgan fingerprint density at radius 3 is 2.46 bits per heavy atom. The van der Waals surface area contributed by atoms with Crippen molar-refractivity contribution in [3.8, 4) is 0 Å². The Bertz CT molecular complexity index is 1350. The van der Waals surface area contributed by atoms with Crippen molar-refractivity contribution < 1.29 is 50.7 Å². The van der Waals surface area contributed by atoms with Crippen LogP contribution in [0.5, 0.6) is 0 Å². The Morgan fingerprint density at radius 1 is 1.29 bits per heavy atom. The Kier molecular flexibility index (Phi) is 8.49. The lowest BCUT2D eigenvalue weighted by Crippen LogP contribution is -2.33. The Hall–Kier alpha value is -2.39. The van der Waals surface area contributed by atoms with Crippen molar-refractivity contribution in [2.24, 2.45) is 10.00 Å². The van der Waals surface area contributed by atoms with Gasteiger partial charge in [-0.15, -0.1) is 0 Å². The zero-order valence-electron chi connectivity index (χ0n) is 17.1. The van der Waals surface area contributed by atoms with Crippen LogP contribution in [0.15, 0.2) is 25.8 Å². The SMILES string of the molecule is Cc1cn([C@H]2C[C@@H](N=[N+]=[N-])[C@@H](COP(=O)(N=[N+]=[N-])OP(=O)(O)C(F)(F)P(=O)(O)O)O2)c(=O)[nH]c1=O. The van der Waals surface area contributed by atoms with Gasteiger partial charge in [-0.2, -0.15) is 8.78 Å². The summed E-state index contributed by atoms with van der Waals surface area (Å²) < 4.78 is 77.1. The van der Waals surface area contributed by atoms with Crippen LogP contribution >= 0.6 is 22.9 Å². The van der Waals surface area contributed by atoms with Gasteiger partial charge in [-0.25, -0.2) is 9.11 Å². The summed E-state index contributed by atoms with van der Waals surface area (Å²) in [6.45, 7) is 0.290. The van der Waals surface area contributed by atoms with Crippen molar-refractivity contribution in [1.29, 1.82) is 0 Å². The second-order valence-corrected chi connectivity index (χ2v) is 12.3. The number of aryl methyl sites for hydroxylation is 1. The van der Waals surface area contributed by atoms with Gasteiger partial charge in [-0.05, 0) is 18.0 Å². The van der Waals surface area contributed by atoms with E-state index < -0.39 is 64.6 Å². The maximum atomic E-state index is 13.7. The molecule has 0 amide bonds. The topological polar surface area (TPSA) is 292 Å². The largest absolute Gasteiger partial charge is 0.444 e. The summed E-state index contributed by atoms with van der Waals surface area (Å²) in [5.74, 6) is 0. The normalized spacial score (nSPS) is 24.0. The van der Waals surface area contributed by atoms with E-state index in [1.807, 2.05) is 9.90 Å². The Labute approximate surface area is 191 Å². The summed E-state index contributed by atoms with van der Waals surface area (Å²) in [6.07, 6.45) is -1.76. The molecule has 0 spiro atoms. The van der Waals surface area contributed by atoms with Crippen molar-refractivity contribution in [2.45, 2.75) is 37.1 Å². The number of aromatic amines is 1. The molecule has 0 bridgehead atoms. The van der Waals surface area contributed by atoms with Gasteiger partial charge in [0.15, 0.2) is 0 Å². The van der Waals surface area contributed by atoms with Crippen molar-refractivity contribution >= 4 is 22.9 Å². The fraction of sp³-hybridized carbons (Fsp3) is 0.636. The predicted molar refractivity (Wildman–Crippen MR) is 108 cm³/mol. The summed E-state index contributed by atoms with van der Waals surface area (Å²) in [5.41, 5.74) is 15.7. The molecular weight excluding hydrogens is 551 g/mol. The van der Waals surface area contributed by atoms with Gasteiger partial charge < -0.3 is 23.9 Å². The van der Waals surface area contributed by atoms with Crippen LogP contribution in [0.1, 0.15) is 18.2 Å². The zero-order valence-corrected chi connectivity index (χ0v) is 19.7. The fourth-order valence-electron chi connectivity index (χ4n) is 2.66. The highest BCUT2D eigenvalue weighted by atomic mass is 31.3. The molecule has 19 nitrogen and oxygen atoms in total. The third-order valence-corrected chi connectivity index (χ3v) is 9.72. The van der Waals surface area contributed by atoms with Gasteiger partial charge in [-0.1, -0.05) is 5.11 Å². The van der Waals surface area contributed by atoms with Crippen LogP contribution in [0.4, 0.5) is 8.78 Å². The summed E-state index contributed by atoms with van der Waals surface area (Å²) in [4.78, 5) is 59.0. The van der Waals surface area contributed by atoms with Crippen LogP contribution in [-0.4, -0.2) is 48.4 Å². The van der Waals surface area contributed by atoms with Crippen LogP contribution in [0, 0.1) is 6.92 Å². The van der Waals surface area contributed by atoms with Gasteiger partial charge in [0.2, 0.25) is 0 Å². The first-order chi connectivity index (χ1) is 16.0.